The highest BCUT2D eigenvalue weighted by molar-refractivity contribution is 5.98. The molecule has 3 atom stereocenters. The Labute approximate surface area is 799 Å². The molecule has 0 fully saturated rings. The fourth-order valence-electron chi connectivity index (χ4n) is 14.4. The maximum absolute atomic E-state index is 13.0. The number of azo groups is 3. The number of benzene rings is 6. The summed E-state index contributed by atoms with van der Waals surface area (Å²) in [7, 11) is 5.32. The Morgan fingerprint density at radius 3 is 1.29 bits per heavy atom. The van der Waals surface area contributed by atoms with Gasteiger partial charge in [0.1, 0.15) is 11.5 Å². The number of allylic oxidation sites excluding steroid dienone is 2. The highest BCUT2D eigenvalue weighted by Gasteiger charge is 2.21. The van der Waals surface area contributed by atoms with Crippen LogP contribution in [0.5, 0.6) is 11.5 Å². The quantitative estimate of drug-likeness (QED) is 0.0124. The number of nitrogens with one attached hydrogen (secondary N) is 12. The number of methoxy groups -OCH3 is 2. The monoisotopic (exact) mass is 1850 g/mol. The molecule has 0 aliphatic carbocycles. The molecule has 3 heterocycles. The predicted molar refractivity (Wildman–Crippen MR) is 549 cm³/mol. The second-order valence-corrected chi connectivity index (χ2v) is 33.1. The Kier molecular flexibility index (Phi) is 51.1. The van der Waals surface area contributed by atoms with Gasteiger partial charge in [-0.05, 0) is 204 Å². The molecule has 34 heteroatoms. The molecule has 1 aliphatic rings. The summed E-state index contributed by atoms with van der Waals surface area (Å²) in [6.07, 6.45) is 24.6. The molecule has 135 heavy (non-hydrogen) atoms. The number of amides is 8. The van der Waals surface area contributed by atoms with Crippen molar-refractivity contribution >= 4 is 105 Å². The van der Waals surface area contributed by atoms with Gasteiger partial charge in [-0.25, -0.2) is 29.2 Å². The number of hydrogen-bond acceptors (Lipinski definition) is 25. The Bertz CT molecular complexity index is 4950. The van der Waals surface area contributed by atoms with E-state index in [4.69, 9.17) is 15.2 Å². The number of aryl methyl sites for hydroxylation is 1. The maximum Gasteiger partial charge on any atom is 0.321 e. The molecule has 8 aromatic rings. The number of carbonyl (C=O) groups is 4. The zero-order valence-electron chi connectivity index (χ0n) is 81.7. The van der Waals surface area contributed by atoms with E-state index in [1.165, 1.54) is 56.6 Å². The van der Waals surface area contributed by atoms with Crippen molar-refractivity contribution in [1.29, 1.82) is 0 Å². The minimum Gasteiger partial charge on any atom is -0.497 e. The molecule has 3 unspecified atom stereocenters. The number of ether oxygens (including phenoxy) is 2. The SMILES string of the molecule is C=C1C=C(C(CC)CCCC)N=C(NC(=O)NCCN(CCNC(=O)Nc2nc(C(CC)CCCC)cc(=O)[nH]2)c2ccc(N=Nc3ccc(OC)cc3)cc2)N1.CCCCC(CC)CNc1nc(N)nc(NCCCN(C)c2ccc(N=Nc3ccc(C)cc3)cc2)n1.CCCCCCNC(=O)NCCN(CCNC(=O)NCCCCCC)c1ccc(N=Nc2ccc(OC)cc2)cc1. The number of aromatic amines is 1. The summed E-state index contributed by atoms with van der Waals surface area (Å²) in [5.74, 6) is 4.23. The fourth-order valence-corrected chi connectivity index (χ4v) is 14.4. The van der Waals surface area contributed by atoms with Crippen molar-refractivity contribution in [3.8, 4) is 11.5 Å². The molecule has 9 rings (SSSR count). The number of nitrogens with two attached hydrogens (primary N) is 1. The van der Waals surface area contributed by atoms with Crippen LogP contribution in [0.2, 0.25) is 0 Å². The summed E-state index contributed by atoms with van der Waals surface area (Å²) in [6, 6.07) is 46.3. The third-order valence-corrected chi connectivity index (χ3v) is 22.4. The third kappa shape index (κ3) is 43.3. The van der Waals surface area contributed by atoms with Crippen LogP contribution in [0, 0.1) is 18.8 Å². The van der Waals surface area contributed by atoms with Crippen molar-refractivity contribution in [3.05, 3.63) is 197 Å². The number of hydrogen-bond donors (Lipinski definition) is 13. The number of guanidine groups is 1. The summed E-state index contributed by atoms with van der Waals surface area (Å²) < 4.78 is 10.4. The maximum atomic E-state index is 13.0. The van der Waals surface area contributed by atoms with Crippen molar-refractivity contribution in [1.82, 2.24) is 67.5 Å². The van der Waals surface area contributed by atoms with Gasteiger partial charge in [0.2, 0.25) is 29.8 Å². The van der Waals surface area contributed by atoms with E-state index in [1.807, 2.05) is 144 Å². The molecule has 2 aromatic heterocycles. The smallest absolute Gasteiger partial charge is 0.321 e. The number of nitrogen functional groups attached to an aromatic ring is 1. The summed E-state index contributed by atoms with van der Waals surface area (Å²) in [4.78, 5) is 94.0. The zero-order valence-corrected chi connectivity index (χ0v) is 81.7. The summed E-state index contributed by atoms with van der Waals surface area (Å²) in [6.45, 7) is 30.7. The van der Waals surface area contributed by atoms with Crippen LogP contribution in [0.25, 0.3) is 0 Å². The molecule has 14 N–H and O–H groups in total. The molecule has 1 aliphatic heterocycles. The van der Waals surface area contributed by atoms with E-state index < -0.39 is 12.1 Å². The highest BCUT2D eigenvalue weighted by atomic mass is 16.5. The molecule has 0 saturated heterocycles. The highest BCUT2D eigenvalue weighted by Crippen LogP contribution is 2.31. The van der Waals surface area contributed by atoms with Gasteiger partial charge in [-0.1, -0.05) is 163 Å². The van der Waals surface area contributed by atoms with Gasteiger partial charge >= 0.3 is 24.1 Å². The largest absolute Gasteiger partial charge is 0.497 e. The third-order valence-electron chi connectivity index (χ3n) is 22.4. The van der Waals surface area contributed by atoms with E-state index in [1.54, 1.807) is 14.2 Å². The van der Waals surface area contributed by atoms with Gasteiger partial charge in [-0.2, -0.15) is 45.6 Å². The normalized spacial score (nSPS) is 12.3. The molecule has 34 nitrogen and oxygen atoms in total. The van der Waals surface area contributed by atoms with Crippen LogP contribution in [0.15, 0.2) is 216 Å². The lowest BCUT2D eigenvalue weighted by Gasteiger charge is -2.26. The Hall–Kier alpha value is -13.6. The molecule has 0 saturated carbocycles. The number of H-pyrrole nitrogens is 1. The van der Waals surface area contributed by atoms with Crippen molar-refractivity contribution in [2.75, 3.05) is 143 Å². The second kappa shape index (κ2) is 63.5. The van der Waals surface area contributed by atoms with Crippen LogP contribution in [-0.2, 0) is 0 Å². The van der Waals surface area contributed by atoms with Crippen LogP contribution in [-0.4, -0.2) is 161 Å². The lowest BCUT2D eigenvalue weighted by Crippen LogP contribution is -2.48. The number of aromatic nitrogens is 5. The lowest BCUT2D eigenvalue weighted by atomic mass is 9.95. The fraction of sp³-hybridized carbons (Fsp3) is 0.485. The first-order valence-electron chi connectivity index (χ1n) is 48.3. The van der Waals surface area contributed by atoms with Gasteiger partial charge in [0.15, 0.2) is 0 Å². The lowest BCUT2D eigenvalue weighted by molar-refractivity contribution is 0.240. The predicted octanol–water partition coefficient (Wildman–Crippen LogP) is 21.8. The Morgan fingerprint density at radius 1 is 0.437 bits per heavy atom. The van der Waals surface area contributed by atoms with E-state index in [9.17, 15) is 24.0 Å². The minimum absolute atomic E-state index is 0.103. The molecule has 730 valence electrons. The van der Waals surface area contributed by atoms with E-state index >= 15 is 0 Å². The number of nitrogens with zero attached hydrogens (tertiary/aromatic N) is 14. The molecular formula is C101H149N27O7. The van der Waals surface area contributed by atoms with Gasteiger partial charge in [0.25, 0.3) is 5.56 Å². The van der Waals surface area contributed by atoms with Crippen LogP contribution in [0.1, 0.15) is 207 Å². The van der Waals surface area contributed by atoms with Crippen molar-refractivity contribution in [2.24, 2.45) is 47.5 Å². The Balaban J connectivity index is 0.000000284. The molecule has 0 spiro atoms. The number of unbranched alkanes of at least 4 members (excludes halogenated alkanes) is 9. The van der Waals surface area contributed by atoms with Crippen LogP contribution in [0.3, 0.4) is 0 Å². The summed E-state index contributed by atoms with van der Waals surface area (Å²) >= 11 is 0. The second-order valence-electron chi connectivity index (χ2n) is 33.1. The summed E-state index contributed by atoms with van der Waals surface area (Å²) in [5, 5.41) is 58.6. The minimum atomic E-state index is -0.501. The van der Waals surface area contributed by atoms with E-state index in [0.717, 1.165) is 167 Å². The summed E-state index contributed by atoms with van der Waals surface area (Å²) in [5.41, 5.74) is 16.5. The first-order valence-corrected chi connectivity index (χ1v) is 48.3. The number of aliphatic imine (C=N–C) groups is 1. The van der Waals surface area contributed by atoms with Gasteiger partial charge in [0.05, 0.1) is 54.0 Å². The Morgan fingerprint density at radius 2 is 0.844 bits per heavy atom. The van der Waals surface area contributed by atoms with Gasteiger partial charge in [-0.15, -0.1) is 0 Å². The van der Waals surface area contributed by atoms with E-state index in [2.05, 4.69) is 217 Å². The average Bonchev–Trinajstić information content (AvgIpc) is 0.838. The topological polar surface area (TPSA) is 426 Å². The first-order chi connectivity index (χ1) is 65.6. The van der Waals surface area contributed by atoms with Crippen molar-refractivity contribution < 1.29 is 28.7 Å². The van der Waals surface area contributed by atoms with E-state index in [-0.39, 0.29) is 54.4 Å². The van der Waals surface area contributed by atoms with Crippen molar-refractivity contribution in [3.63, 3.8) is 0 Å². The molecular weight excluding hydrogens is 1700 g/mol. The average molecular weight is 1850 g/mol. The molecule has 0 bridgehead atoms. The van der Waals surface area contributed by atoms with Gasteiger partial charge < -0.3 is 77.8 Å². The van der Waals surface area contributed by atoms with Gasteiger partial charge in [-0.3, -0.25) is 20.4 Å². The van der Waals surface area contributed by atoms with Gasteiger partial charge in [0, 0.05) is 138 Å². The van der Waals surface area contributed by atoms with Crippen LogP contribution in [0.4, 0.5) is 94.2 Å². The van der Waals surface area contributed by atoms with Crippen LogP contribution >= 0.6 is 0 Å². The number of urea groups is 4. The van der Waals surface area contributed by atoms with E-state index in [0.29, 0.717) is 98.9 Å². The van der Waals surface area contributed by atoms with Crippen LogP contribution < -0.4 is 94.0 Å². The number of anilines is 7. The number of rotatable bonds is 56. The molecule has 0 radical (unpaired) electrons. The zero-order chi connectivity index (χ0) is 97.0. The van der Waals surface area contributed by atoms with Crippen molar-refractivity contribution in [2.45, 2.75) is 203 Å². The first kappa shape index (κ1) is 108. The standard InChI is InChI=1S/C42H59N11O4.C31H49N7O3.C28H41N9/c1-7-11-13-30(9-3)36-27-29(5)45-39(46-36)49-41(55)43-23-25-53(34-19-15-32(16-20-34)51-52-33-17-21-35(57-6)22-18-33)26-24-44-42(56)50-40-47-37(28-38(54)48-40)31(10-4)14-12-8-2;1-4-6-8-10-20-32-30(39)34-22-24-38(25-23-35-31(40)33-21-11-9-7-5-2)28-16-12-26(13-17-28)36-37-27-14-18-29(41-3)19-15-27;1-5-7-9-22(6-2)20-31-28-33-26(29)32-27(34-28)30-18-8-19-37(4)25-16-14-24(15-17-25)36-35-23-12-10-21(3)11-13-23/h15-22,27-28,30-31H,5,7-14,23-26H2,1-4,6H3,(H3,43,45,46,49,55)(H3,44,47,48,50,54,56);12-19H,4-11,20-25H2,1-3H3,(H2,32,34,39)(H2,33,35,40);10-17,22H,5-9,18-20H2,1-4H3,(H4,29,30,31,32,33,34). The molecule has 8 amide bonds. The molecule has 6 aromatic carbocycles. The number of carbonyl (C=O) groups excluding carboxylic acids is 4.